The van der Waals surface area contributed by atoms with Crippen LogP contribution in [-0.2, 0) is 5.41 Å². The number of rotatable bonds is 3. The van der Waals surface area contributed by atoms with Crippen molar-refractivity contribution >= 4 is 43.6 Å². The largest absolute Gasteiger partial charge is 0.309 e. The molecule has 0 radical (unpaired) electrons. The number of benzene rings is 7. The maximum atomic E-state index is 2.45. The number of nitrogens with zero attached hydrogens (tertiary/aromatic N) is 2. The summed E-state index contributed by atoms with van der Waals surface area (Å²) in [5.74, 6) is 0. The Morgan fingerprint density at radius 3 is 1.64 bits per heavy atom. The van der Waals surface area contributed by atoms with Crippen molar-refractivity contribution in [1.82, 2.24) is 9.13 Å². The van der Waals surface area contributed by atoms with Gasteiger partial charge in [-0.25, -0.2) is 0 Å². The van der Waals surface area contributed by atoms with Crippen LogP contribution in [0.25, 0.3) is 77.2 Å². The van der Waals surface area contributed by atoms with Gasteiger partial charge in [-0.1, -0.05) is 117 Å². The molecule has 0 bridgehead atoms. The smallest absolute Gasteiger partial charge is 0.0548 e. The topological polar surface area (TPSA) is 9.86 Å². The summed E-state index contributed by atoms with van der Waals surface area (Å²) in [5.41, 5.74) is 15.2. The summed E-state index contributed by atoms with van der Waals surface area (Å²) in [6, 6.07) is 58.0. The molecule has 0 atom stereocenters. The van der Waals surface area contributed by atoms with E-state index in [1.807, 2.05) is 0 Å². The average molecular weight is 601 g/mol. The van der Waals surface area contributed by atoms with Crippen LogP contribution < -0.4 is 0 Å². The van der Waals surface area contributed by atoms with Crippen LogP contribution in [0.1, 0.15) is 25.0 Å². The maximum absolute atomic E-state index is 2.45. The van der Waals surface area contributed by atoms with E-state index in [-0.39, 0.29) is 5.41 Å². The van der Waals surface area contributed by atoms with Crippen molar-refractivity contribution in [2.24, 2.45) is 0 Å². The summed E-state index contributed by atoms with van der Waals surface area (Å²) < 4.78 is 4.86. The highest BCUT2D eigenvalue weighted by molar-refractivity contribution is 6.29. The van der Waals surface area contributed by atoms with E-state index in [1.165, 1.54) is 88.4 Å². The Morgan fingerprint density at radius 1 is 0.383 bits per heavy atom. The minimum Gasteiger partial charge on any atom is -0.309 e. The van der Waals surface area contributed by atoms with E-state index < -0.39 is 0 Å². The van der Waals surface area contributed by atoms with Gasteiger partial charge in [-0.15, -0.1) is 0 Å². The van der Waals surface area contributed by atoms with Crippen LogP contribution in [-0.4, -0.2) is 9.13 Å². The zero-order chi connectivity index (χ0) is 31.3. The summed E-state index contributed by atoms with van der Waals surface area (Å²) in [7, 11) is 0. The number of para-hydroxylation sites is 3. The molecule has 0 saturated carbocycles. The summed E-state index contributed by atoms with van der Waals surface area (Å²) in [4.78, 5) is 0. The van der Waals surface area contributed by atoms with Crippen molar-refractivity contribution in [3.63, 3.8) is 0 Å². The SMILES string of the molecule is CC1(C)c2ccccc2-c2ccc(-c3ccc4c5c6c7ccccc7n(-c7ccccc7)c6ccc5n(-c5ccccc5)c4c3)cc21. The Bertz CT molecular complexity index is 2690. The van der Waals surface area contributed by atoms with Crippen LogP contribution >= 0.6 is 0 Å². The van der Waals surface area contributed by atoms with Gasteiger partial charge in [0, 0.05) is 38.3 Å². The fourth-order valence-electron chi connectivity index (χ4n) is 8.34. The lowest BCUT2D eigenvalue weighted by atomic mass is 9.81. The van der Waals surface area contributed by atoms with Gasteiger partial charge in [-0.05, 0) is 88.0 Å². The number of fused-ring (bicyclic) bond motifs is 10. The van der Waals surface area contributed by atoms with Crippen molar-refractivity contribution in [3.8, 4) is 33.6 Å². The fraction of sp³-hybridized carbons (Fsp3) is 0.0667. The van der Waals surface area contributed by atoms with Crippen LogP contribution in [0.2, 0.25) is 0 Å². The molecule has 0 amide bonds. The molecule has 2 heteroatoms. The molecule has 7 aromatic carbocycles. The molecule has 0 N–H and O–H groups in total. The highest BCUT2D eigenvalue weighted by Crippen LogP contribution is 2.50. The first kappa shape index (κ1) is 26.4. The van der Waals surface area contributed by atoms with Gasteiger partial charge in [0.15, 0.2) is 0 Å². The third-order valence-corrected chi connectivity index (χ3v) is 10.5. The Balaban J connectivity index is 1.27. The van der Waals surface area contributed by atoms with Crippen LogP contribution in [0.5, 0.6) is 0 Å². The highest BCUT2D eigenvalue weighted by atomic mass is 15.0. The Labute approximate surface area is 273 Å². The van der Waals surface area contributed by atoms with Gasteiger partial charge >= 0.3 is 0 Å². The predicted molar refractivity (Wildman–Crippen MR) is 198 cm³/mol. The third-order valence-electron chi connectivity index (χ3n) is 10.5. The molecule has 9 aromatic rings. The second kappa shape index (κ2) is 9.57. The van der Waals surface area contributed by atoms with Gasteiger partial charge in [-0.3, -0.25) is 0 Å². The van der Waals surface area contributed by atoms with Crippen LogP contribution in [0.3, 0.4) is 0 Å². The number of aromatic nitrogens is 2. The maximum Gasteiger partial charge on any atom is 0.0548 e. The molecule has 10 rings (SSSR count). The van der Waals surface area contributed by atoms with Crippen LogP contribution in [0, 0.1) is 0 Å². The lowest BCUT2D eigenvalue weighted by Crippen LogP contribution is -2.14. The van der Waals surface area contributed by atoms with Gasteiger partial charge in [0.25, 0.3) is 0 Å². The third kappa shape index (κ3) is 3.61. The van der Waals surface area contributed by atoms with E-state index in [2.05, 4.69) is 181 Å². The monoisotopic (exact) mass is 600 g/mol. The van der Waals surface area contributed by atoms with E-state index in [4.69, 9.17) is 0 Å². The first-order valence-electron chi connectivity index (χ1n) is 16.5. The standard InChI is InChI=1S/C45H32N2/c1-45(2)37-19-11-9-17-33(37)34-23-21-29(27-38(34)45)30-22-24-36-42(28-30)47(32-15-7-4-8-16-32)41-26-25-40-43(44(36)41)35-18-10-12-20-39(35)46(40)31-13-5-3-6-14-31/h3-28H,1-2H3. The molecule has 0 aliphatic heterocycles. The molecule has 222 valence electrons. The first-order chi connectivity index (χ1) is 23.1. The molecule has 47 heavy (non-hydrogen) atoms. The summed E-state index contributed by atoms with van der Waals surface area (Å²) >= 11 is 0. The molecule has 0 saturated heterocycles. The van der Waals surface area contributed by atoms with E-state index in [9.17, 15) is 0 Å². The molecule has 2 heterocycles. The van der Waals surface area contributed by atoms with Gasteiger partial charge in [0.1, 0.15) is 0 Å². The molecule has 1 aliphatic rings. The Hall–Kier alpha value is -5.86. The van der Waals surface area contributed by atoms with Gasteiger partial charge < -0.3 is 9.13 Å². The van der Waals surface area contributed by atoms with E-state index in [0.717, 1.165) is 0 Å². The summed E-state index contributed by atoms with van der Waals surface area (Å²) in [5, 5.41) is 5.13. The lowest BCUT2D eigenvalue weighted by Gasteiger charge is -2.22. The quantitative estimate of drug-likeness (QED) is 0.191. The van der Waals surface area contributed by atoms with E-state index in [1.54, 1.807) is 0 Å². The predicted octanol–water partition coefficient (Wildman–Crippen LogP) is 11.9. The van der Waals surface area contributed by atoms with Crippen LogP contribution in [0.4, 0.5) is 0 Å². The Kier molecular flexibility index (Phi) is 5.37. The summed E-state index contributed by atoms with van der Waals surface area (Å²) in [6.07, 6.45) is 0. The molecule has 1 aliphatic carbocycles. The fourth-order valence-corrected chi connectivity index (χ4v) is 8.34. The molecule has 0 unspecified atom stereocenters. The van der Waals surface area contributed by atoms with E-state index >= 15 is 0 Å². The number of hydrogen-bond donors (Lipinski definition) is 0. The average Bonchev–Trinajstić information content (AvgIpc) is 3.72. The second-order valence-electron chi connectivity index (χ2n) is 13.4. The minimum atomic E-state index is -0.0381. The summed E-state index contributed by atoms with van der Waals surface area (Å²) in [6.45, 7) is 4.71. The van der Waals surface area contributed by atoms with E-state index in [0.29, 0.717) is 0 Å². The molecule has 0 spiro atoms. The normalized spacial score (nSPS) is 13.5. The zero-order valence-electron chi connectivity index (χ0n) is 26.4. The van der Waals surface area contributed by atoms with Gasteiger partial charge in [0.05, 0.1) is 22.1 Å². The van der Waals surface area contributed by atoms with Crippen molar-refractivity contribution in [2.45, 2.75) is 19.3 Å². The molecule has 2 nitrogen and oxygen atoms in total. The van der Waals surface area contributed by atoms with Crippen molar-refractivity contribution < 1.29 is 0 Å². The lowest BCUT2D eigenvalue weighted by molar-refractivity contribution is 0.660. The first-order valence-corrected chi connectivity index (χ1v) is 16.5. The number of hydrogen-bond acceptors (Lipinski definition) is 0. The highest BCUT2D eigenvalue weighted by Gasteiger charge is 2.35. The van der Waals surface area contributed by atoms with Gasteiger partial charge in [0.2, 0.25) is 0 Å². The van der Waals surface area contributed by atoms with Gasteiger partial charge in [-0.2, -0.15) is 0 Å². The second-order valence-corrected chi connectivity index (χ2v) is 13.4. The molecule has 0 fully saturated rings. The minimum absolute atomic E-state index is 0.0381. The molecule has 2 aromatic heterocycles. The Morgan fingerprint density at radius 2 is 0.915 bits per heavy atom. The van der Waals surface area contributed by atoms with Crippen molar-refractivity contribution in [1.29, 1.82) is 0 Å². The van der Waals surface area contributed by atoms with Crippen LogP contribution in [0.15, 0.2) is 158 Å². The molecular formula is C45H32N2. The zero-order valence-corrected chi connectivity index (χ0v) is 26.4. The van der Waals surface area contributed by atoms with Crippen molar-refractivity contribution in [3.05, 3.63) is 169 Å². The van der Waals surface area contributed by atoms with Crippen molar-refractivity contribution in [2.75, 3.05) is 0 Å². The molecular weight excluding hydrogens is 569 g/mol.